The Morgan fingerprint density at radius 2 is 2.30 bits per heavy atom. The van der Waals surface area contributed by atoms with Crippen molar-refractivity contribution >= 4 is 16.9 Å². The number of H-pyrrole nitrogens is 1. The van der Waals surface area contributed by atoms with E-state index in [0.717, 1.165) is 12.8 Å². The van der Waals surface area contributed by atoms with Gasteiger partial charge in [-0.3, -0.25) is 4.79 Å². The smallest absolute Gasteiger partial charge is 0.277 e. The van der Waals surface area contributed by atoms with Crippen LogP contribution in [0.15, 0.2) is 29.8 Å². The first-order valence-electron chi connectivity index (χ1n) is 6.74. The fourth-order valence-electron chi connectivity index (χ4n) is 2.17. The molecule has 0 aliphatic rings. The van der Waals surface area contributed by atoms with Crippen molar-refractivity contribution in [3.05, 3.63) is 35.4 Å². The van der Waals surface area contributed by atoms with E-state index in [0.29, 0.717) is 16.9 Å². The van der Waals surface area contributed by atoms with Crippen LogP contribution >= 0.6 is 0 Å². The molecule has 0 saturated carbocycles. The standard InChI is InChI=1S/C14H20N4O2/c1-4-9(5-2)20-12(6-3)18-8-16-13-10(18)7-11(15)17-14(13)19/h4,7-9,12H,1,5-6H2,2-3H3,(H3,15,17,19)/t9-,12+/m0/s1. The molecule has 0 saturated heterocycles. The van der Waals surface area contributed by atoms with Crippen LogP contribution in [0.1, 0.15) is 32.9 Å². The largest absolute Gasteiger partial charge is 0.385 e. The van der Waals surface area contributed by atoms with Crippen molar-refractivity contribution in [3.8, 4) is 0 Å². The number of imidazole rings is 1. The summed E-state index contributed by atoms with van der Waals surface area (Å²) < 4.78 is 7.82. The molecule has 0 aromatic carbocycles. The topological polar surface area (TPSA) is 85.9 Å². The summed E-state index contributed by atoms with van der Waals surface area (Å²) in [5.41, 5.74) is 6.45. The van der Waals surface area contributed by atoms with Gasteiger partial charge in [0.25, 0.3) is 5.56 Å². The third-order valence-corrected chi connectivity index (χ3v) is 3.25. The summed E-state index contributed by atoms with van der Waals surface area (Å²) in [4.78, 5) is 18.5. The number of anilines is 1. The summed E-state index contributed by atoms with van der Waals surface area (Å²) >= 11 is 0. The normalized spacial score (nSPS) is 14.3. The minimum Gasteiger partial charge on any atom is -0.385 e. The first kappa shape index (κ1) is 14.3. The van der Waals surface area contributed by atoms with E-state index in [2.05, 4.69) is 16.5 Å². The molecule has 3 N–H and O–H groups in total. The summed E-state index contributed by atoms with van der Waals surface area (Å²) in [5, 5.41) is 0. The van der Waals surface area contributed by atoms with Crippen LogP contribution in [-0.4, -0.2) is 20.6 Å². The number of ether oxygens (including phenoxy) is 1. The Labute approximate surface area is 117 Å². The number of pyridine rings is 1. The van der Waals surface area contributed by atoms with E-state index in [-0.39, 0.29) is 17.9 Å². The van der Waals surface area contributed by atoms with E-state index in [1.54, 1.807) is 18.5 Å². The van der Waals surface area contributed by atoms with Crippen molar-refractivity contribution in [2.75, 3.05) is 5.73 Å². The first-order chi connectivity index (χ1) is 9.60. The van der Waals surface area contributed by atoms with Crippen LogP contribution in [0.3, 0.4) is 0 Å². The van der Waals surface area contributed by atoms with Gasteiger partial charge in [-0.2, -0.15) is 0 Å². The zero-order chi connectivity index (χ0) is 14.7. The molecule has 2 aromatic rings. The molecule has 2 heterocycles. The van der Waals surface area contributed by atoms with E-state index in [1.807, 2.05) is 18.4 Å². The average molecular weight is 276 g/mol. The van der Waals surface area contributed by atoms with E-state index in [9.17, 15) is 4.79 Å². The Bertz CT molecular complexity index is 659. The van der Waals surface area contributed by atoms with Gasteiger partial charge in [0.05, 0.1) is 17.9 Å². The molecule has 0 unspecified atom stereocenters. The van der Waals surface area contributed by atoms with Gasteiger partial charge in [-0.15, -0.1) is 6.58 Å². The monoisotopic (exact) mass is 276 g/mol. The van der Waals surface area contributed by atoms with Gasteiger partial charge in [-0.25, -0.2) is 4.98 Å². The molecule has 0 bridgehead atoms. The second kappa shape index (κ2) is 5.92. The fourth-order valence-corrected chi connectivity index (χ4v) is 2.17. The molecule has 0 spiro atoms. The van der Waals surface area contributed by atoms with E-state index in [4.69, 9.17) is 10.5 Å². The number of rotatable bonds is 6. The number of hydrogen-bond acceptors (Lipinski definition) is 4. The molecule has 0 radical (unpaired) electrons. The van der Waals surface area contributed by atoms with Crippen LogP contribution in [0, 0.1) is 0 Å². The Hall–Kier alpha value is -2.08. The van der Waals surface area contributed by atoms with Gasteiger partial charge in [0.15, 0.2) is 5.52 Å². The minimum absolute atomic E-state index is 0.0308. The maximum Gasteiger partial charge on any atom is 0.277 e. The van der Waals surface area contributed by atoms with Crippen molar-refractivity contribution in [3.63, 3.8) is 0 Å². The molecule has 108 valence electrons. The maximum atomic E-state index is 11.8. The lowest BCUT2D eigenvalue weighted by Gasteiger charge is -2.22. The van der Waals surface area contributed by atoms with Crippen LogP contribution in [0.25, 0.3) is 11.0 Å². The molecular formula is C14H20N4O2. The Morgan fingerprint density at radius 1 is 1.55 bits per heavy atom. The number of aromatic nitrogens is 3. The van der Waals surface area contributed by atoms with Crippen molar-refractivity contribution in [1.29, 1.82) is 0 Å². The van der Waals surface area contributed by atoms with Gasteiger partial charge < -0.3 is 20.0 Å². The van der Waals surface area contributed by atoms with Gasteiger partial charge in [0.2, 0.25) is 0 Å². The lowest BCUT2D eigenvalue weighted by molar-refractivity contribution is -0.0332. The minimum atomic E-state index is -0.288. The second-order valence-corrected chi connectivity index (χ2v) is 4.62. The molecule has 2 atom stereocenters. The van der Waals surface area contributed by atoms with Gasteiger partial charge in [0, 0.05) is 6.07 Å². The molecule has 2 aromatic heterocycles. The van der Waals surface area contributed by atoms with Crippen molar-refractivity contribution in [1.82, 2.24) is 14.5 Å². The number of nitrogens with two attached hydrogens (primary N) is 1. The predicted molar refractivity (Wildman–Crippen MR) is 79.5 cm³/mol. The Balaban J connectivity index is 2.44. The molecule has 2 rings (SSSR count). The third kappa shape index (κ3) is 2.60. The zero-order valence-corrected chi connectivity index (χ0v) is 11.8. The van der Waals surface area contributed by atoms with E-state index in [1.165, 1.54) is 0 Å². The third-order valence-electron chi connectivity index (χ3n) is 3.25. The number of nitrogens with one attached hydrogen (secondary N) is 1. The lowest BCUT2D eigenvalue weighted by atomic mass is 10.2. The lowest BCUT2D eigenvalue weighted by Crippen LogP contribution is -2.18. The van der Waals surface area contributed by atoms with Crippen molar-refractivity contribution in [2.24, 2.45) is 0 Å². The number of nitrogen functional groups attached to an aromatic ring is 1. The van der Waals surface area contributed by atoms with Crippen LogP contribution < -0.4 is 11.3 Å². The molecule has 6 nitrogen and oxygen atoms in total. The molecular weight excluding hydrogens is 256 g/mol. The van der Waals surface area contributed by atoms with Gasteiger partial charge in [-0.05, 0) is 12.8 Å². The van der Waals surface area contributed by atoms with Crippen LogP contribution in [0.2, 0.25) is 0 Å². The number of nitrogens with zero attached hydrogens (tertiary/aromatic N) is 2. The van der Waals surface area contributed by atoms with Crippen molar-refractivity contribution in [2.45, 2.75) is 39.0 Å². The molecule has 0 aliphatic carbocycles. The molecule has 20 heavy (non-hydrogen) atoms. The first-order valence-corrected chi connectivity index (χ1v) is 6.74. The SMILES string of the molecule is C=C[C@@H](CC)O[C@H](CC)n1cnc2c(=O)[nH]c(N)cc21. The summed E-state index contributed by atoms with van der Waals surface area (Å²) in [6.07, 6.45) is 4.75. The quantitative estimate of drug-likeness (QED) is 0.792. The summed E-state index contributed by atoms with van der Waals surface area (Å²) in [6, 6.07) is 1.70. The number of hydrogen-bond donors (Lipinski definition) is 2. The highest BCUT2D eigenvalue weighted by atomic mass is 16.5. The van der Waals surface area contributed by atoms with Gasteiger partial charge in [0.1, 0.15) is 12.0 Å². The number of aromatic amines is 1. The predicted octanol–water partition coefficient (Wildman–Crippen LogP) is 2.20. The molecule has 6 heteroatoms. The molecule has 0 fully saturated rings. The highest BCUT2D eigenvalue weighted by Crippen LogP contribution is 2.22. The van der Waals surface area contributed by atoms with Crippen LogP contribution in [-0.2, 0) is 4.74 Å². The van der Waals surface area contributed by atoms with E-state index >= 15 is 0 Å². The summed E-state index contributed by atoms with van der Waals surface area (Å²) in [7, 11) is 0. The zero-order valence-electron chi connectivity index (χ0n) is 11.8. The second-order valence-electron chi connectivity index (χ2n) is 4.62. The van der Waals surface area contributed by atoms with E-state index < -0.39 is 0 Å². The van der Waals surface area contributed by atoms with Crippen molar-refractivity contribution < 1.29 is 4.74 Å². The van der Waals surface area contributed by atoms with Gasteiger partial charge >= 0.3 is 0 Å². The number of fused-ring (bicyclic) bond motifs is 1. The average Bonchev–Trinajstić information content (AvgIpc) is 2.84. The fraction of sp³-hybridized carbons (Fsp3) is 0.429. The Morgan fingerprint density at radius 3 is 2.90 bits per heavy atom. The highest BCUT2D eigenvalue weighted by molar-refractivity contribution is 5.76. The molecule has 0 amide bonds. The summed E-state index contributed by atoms with van der Waals surface area (Å²) in [5.74, 6) is 0.315. The molecule has 0 aliphatic heterocycles. The highest BCUT2D eigenvalue weighted by Gasteiger charge is 2.17. The summed E-state index contributed by atoms with van der Waals surface area (Å²) in [6.45, 7) is 7.82. The van der Waals surface area contributed by atoms with Crippen LogP contribution in [0.4, 0.5) is 5.82 Å². The van der Waals surface area contributed by atoms with Gasteiger partial charge in [-0.1, -0.05) is 19.9 Å². The Kier molecular flexibility index (Phi) is 4.24. The van der Waals surface area contributed by atoms with Crippen LogP contribution in [0.5, 0.6) is 0 Å². The maximum absolute atomic E-state index is 11.8.